The van der Waals surface area contributed by atoms with Gasteiger partial charge in [0, 0.05) is 9.35 Å². The number of hydrogen-bond donors (Lipinski definition) is 1. The van der Waals surface area contributed by atoms with Crippen molar-refractivity contribution >= 4 is 38.0 Å². The number of hydrogen-bond acceptors (Lipinski definition) is 2. The Kier molecular flexibility index (Phi) is 3.20. The second-order valence-corrected chi connectivity index (χ2v) is 6.14. The van der Waals surface area contributed by atoms with E-state index in [-0.39, 0.29) is 6.04 Å². The van der Waals surface area contributed by atoms with E-state index in [1.54, 1.807) is 11.3 Å². The van der Waals surface area contributed by atoms with E-state index in [4.69, 9.17) is 5.73 Å². The van der Waals surface area contributed by atoms with E-state index in [0.717, 1.165) is 10.0 Å². The van der Waals surface area contributed by atoms with Gasteiger partial charge in [-0.3, -0.25) is 0 Å². The number of benzene rings is 2. The van der Waals surface area contributed by atoms with E-state index in [0.29, 0.717) is 0 Å². The smallest absolute Gasteiger partial charge is 0.0646 e. The Labute approximate surface area is 118 Å². The summed E-state index contributed by atoms with van der Waals surface area (Å²) in [7, 11) is 0. The normalized spacial score (nSPS) is 12.8. The third kappa shape index (κ3) is 2.21. The van der Waals surface area contributed by atoms with Gasteiger partial charge in [0.25, 0.3) is 0 Å². The molecule has 0 amide bonds. The van der Waals surface area contributed by atoms with Crippen LogP contribution in [0.25, 0.3) is 10.8 Å². The molecule has 0 bridgehead atoms. The highest BCUT2D eigenvalue weighted by Crippen LogP contribution is 2.27. The van der Waals surface area contributed by atoms with Crippen molar-refractivity contribution in [2.24, 2.45) is 5.73 Å². The summed E-state index contributed by atoms with van der Waals surface area (Å²) in [6.45, 7) is 0. The van der Waals surface area contributed by atoms with Crippen molar-refractivity contribution in [2.45, 2.75) is 6.04 Å². The lowest BCUT2D eigenvalue weighted by molar-refractivity contribution is 0.896. The molecule has 0 radical (unpaired) electrons. The second kappa shape index (κ2) is 4.84. The van der Waals surface area contributed by atoms with E-state index in [1.165, 1.54) is 15.6 Å². The van der Waals surface area contributed by atoms with E-state index in [9.17, 15) is 0 Å². The van der Waals surface area contributed by atoms with Crippen LogP contribution in [0.1, 0.15) is 16.5 Å². The molecule has 90 valence electrons. The minimum atomic E-state index is -0.0296. The lowest BCUT2D eigenvalue weighted by Crippen LogP contribution is -2.09. The number of halogens is 1. The lowest BCUT2D eigenvalue weighted by atomic mass is 10.0. The lowest BCUT2D eigenvalue weighted by Gasteiger charge is -2.11. The highest BCUT2D eigenvalue weighted by Gasteiger charge is 2.10. The molecular formula is C15H12BrNS. The summed E-state index contributed by atoms with van der Waals surface area (Å²) in [5.41, 5.74) is 7.44. The van der Waals surface area contributed by atoms with E-state index in [1.807, 2.05) is 6.07 Å². The Balaban J connectivity index is 2.06. The quantitative estimate of drug-likeness (QED) is 0.727. The van der Waals surface area contributed by atoms with Gasteiger partial charge in [-0.25, -0.2) is 0 Å². The van der Waals surface area contributed by atoms with Gasteiger partial charge >= 0.3 is 0 Å². The molecule has 1 nitrogen and oxygen atoms in total. The first kappa shape index (κ1) is 11.9. The van der Waals surface area contributed by atoms with Gasteiger partial charge in [-0.05, 0) is 46.0 Å². The Hall–Kier alpha value is -1.16. The first-order chi connectivity index (χ1) is 8.74. The minimum Gasteiger partial charge on any atom is -0.320 e. The maximum Gasteiger partial charge on any atom is 0.0646 e. The van der Waals surface area contributed by atoms with Crippen molar-refractivity contribution in [3.63, 3.8) is 0 Å². The molecule has 1 unspecified atom stereocenters. The maximum atomic E-state index is 6.28. The Morgan fingerprint density at radius 2 is 1.78 bits per heavy atom. The molecule has 0 fully saturated rings. The van der Waals surface area contributed by atoms with Crippen LogP contribution in [0.2, 0.25) is 0 Å². The molecule has 3 heteroatoms. The van der Waals surface area contributed by atoms with E-state index >= 15 is 0 Å². The molecule has 2 N–H and O–H groups in total. The average molecular weight is 318 g/mol. The zero-order chi connectivity index (χ0) is 12.5. The van der Waals surface area contributed by atoms with Gasteiger partial charge < -0.3 is 5.73 Å². The maximum absolute atomic E-state index is 6.28. The van der Waals surface area contributed by atoms with Crippen LogP contribution in [0.4, 0.5) is 0 Å². The van der Waals surface area contributed by atoms with Crippen molar-refractivity contribution < 1.29 is 0 Å². The fraction of sp³-hybridized carbons (Fsp3) is 0.0667. The summed E-state index contributed by atoms with van der Waals surface area (Å²) in [6.07, 6.45) is 0. The molecule has 3 aromatic rings. The van der Waals surface area contributed by atoms with Crippen LogP contribution in [-0.4, -0.2) is 0 Å². The minimum absolute atomic E-state index is 0.0296. The van der Waals surface area contributed by atoms with Crippen molar-refractivity contribution in [3.8, 4) is 0 Å². The van der Waals surface area contributed by atoms with Crippen LogP contribution in [0.5, 0.6) is 0 Å². The monoisotopic (exact) mass is 317 g/mol. The van der Waals surface area contributed by atoms with Crippen LogP contribution in [0.3, 0.4) is 0 Å². The van der Waals surface area contributed by atoms with Gasteiger partial charge in [0.15, 0.2) is 0 Å². The molecule has 0 aliphatic rings. The summed E-state index contributed by atoms with van der Waals surface area (Å²) in [6, 6.07) is 16.8. The predicted octanol–water partition coefficient (Wildman–Crippen LogP) is 4.71. The molecule has 0 aliphatic heterocycles. The Morgan fingerprint density at radius 3 is 2.56 bits per heavy atom. The number of fused-ring (bicyclic) bond motifs is 1. The van der Waals surface area contributed by atoms with Crippen LogP contribution in [-0.2, 0) is 0 Å². The van der Waals surface area contributed by atoms with Gasteiger partial charge in [-0.15, -0.1) is 11.3 Å². The van der Waals surface area contributed by atoms with Crippen LogP contribution < -0.4 is 5.73 Å². The Bertz CT molecular complexity index is 676. The average Bonchev–Trinajstić information content (AvgIpc) is 2.91. The predicted molar refractivity (Wildman–Crippen MR) is 82.0 cm³/mol. The van der Waals surface area contributed by atoms with Crippen molar-refractivity contribution in [1.82, 2.24) is 0 Å². The molecule has 1 aromatic heterocycles. The zero-order valence-electron chi connectivity index (χ0n) is 9.64. The largest absolute Gasteiger partial charge is 0.320 e. The van der Waals surface area contributed by atoms with Crippen LogP contribution >= 0.6 is 27.3 Å². The fourth-order valence-corrected chi connectivity index (χ4v) is 3.19. The van der Waals surface area contributed by atoms with E-state index < -0.39 is 0 Å². The summed E-state index contributed by atoms with van der Waals surface area (Å²) in [4.78, 5) is 1.20. The summed E-state index contributed by atoms with van der Waals surface area (Å²) >= 11 is 5.19. The molecular weight excluding hydrogens is 306 g/mol. The first-order valence-corrected chi connectivity index (χ1v) is 7.39. The van der Waals surface area contributed by atoms with Crippen LogP contribution in [0.15, 0.2) is 58.4 Å². The second-order valence-electron chi connectivity index (χ2n) is 4.24. The van der Waals surface area contributed by atoms with Crippen molar-refractivity contribution in [2.75, 3.05) is 0 Å². The van der Waals surface area contributed by atoms with Gasteiger partial charge in [0.05, 0.1) is 6.04 Å². The van der Waals surface area contributed by atoms with Crippen LogP contribution in [0, 0.1) is 0 Å². The molecule has 0 saturated carbocycles. The summed E-state index contributed by atoms with van der Waals surface area (Å²) in [5, 5.41) is 4.52. The van der Waals surface area contributed by atoms with Crippen molar-refractivity contribution in [3.05, 3.63) is 68.8 Å². The molecule has 0 aliphatic carbocycles. The third-order valence-corrected chi connectivity index (χ3v) is 4.48. The number of thiophene rings is 1. The highest BCUT2D eigenvalue weighted by molar-refractivity contribution is 9.10. The molecule has 1 atom stereocenters. The zero-order valence-corrected chi connectivity index (χ0v) is 12.0. The molecule has 18 heavy (non-hydrogen) atoms. The van der Waals surface area contributed by atoms with Gasteiger partial charge in [0.2, 0.25) is 0 Å². The third-order valence-electron chi connectivity index (χ3n) is 3.04. The topological polar surface area (TPSA) is 26.0 Å². The molecule has 3 rings (SSSR count). The standard InChI is InChI=1S/C15H12BrNS/c16-13-6-5-10-8-12(4-3-11(10)9-13)15(17)14-2-1-7-18-14/h1-9,15H,17H2. The summed E-state index contributed by atoms with van der Waals surface area (Å²) in [5.74, 6) is 0. The SMILES string of the molecule is NC(c1ccc2cc(Br)ccc2c1)c1cccs1. The molecule has 1 heterocycles. The highest BCUT2D eigenvalue weighted by atomic mass is 79.9. The fourth-order valence-electron chi connectivity index (χ4n) is 2.06. The van der Waals surface area contributed by atoms with Gasteiger partial charge in [0.1, 0.15) is 0 Å². The number of rotatable bonds is 2. The molecule has 0 saturated heterocycles. The first-order valence-electron chi connectivity index (χ1n) is 5.72. The molecule has 0 spiro atoms. The number of nitrogens with two attached hydrogens (primary N) is 1. The summed E-state index contributed by atoms with van der Waals surface area (Å²) < 4.78 is 1.10. The van der Waals surface area contributed by atoms with Crippen molar-refractivity contribution in [1.29, 1.82) is 0 Å². The van der Waals surface area contributed by atoms with Gasteiger partial charge in [-0.1, -0.05) is 40.2 Å². The molecule has 2 aromatic carbocycles. The van der Waals surface area contributed by atoms with E-state index in [2.05, 4.69) is 63.8 Å². The van der Waals surface area contributed by atoms with Gasteiger partial charge in [-0.2, -0.15) is 0 Å². The Morgan fingerprint density at radius 1 is 1.00 bits per heavy atom.